The number of hydrogen-bond acceptors (Lipinski definition) is 3. The Hall–Kier alpha value is -0.0300. The molecule has 3 nitrogen and oxygen atoms in total. The highest BCUT2D eigenvalue weighted by molar-refractivity contribution is 8.00. The maximum Gasteiger partial charge on any atom is 0.317 e. The Balaban J connectivity index is 2.36. The van der Waals surface area contributed by atoms with E-state index in [-0.39, 0.29) is 16.8 Å². The minimum Gasteiger partial charge on any atom is -0.336 e. The topological polar surface area (TPSA) is 32.3 Å². The van der Waals surface area contributed by atoms with E-state index in [9.17, 15) is 4.79 Å². The van der Waals surface area contributed by atoms with Crippen LogP contribution in [0, 0.1) is 0 Å². The molecule has 1 N–H and O–H groups in total. The lowest BCUT2D eigenvalue weighted by Gasteiger charge is -2.37. The molecule has 0 radical (unpaired) electrons. The van der Waals surface area contributed by atoms with Gasteiger partial charge in [0.05, 0.1) is 0 Å². The fourth-order valence-electron chi connectivity index (χ4n) is 1.86. The van der Waals surface area contributed by atoms with E-state index in [4.69, 9.17) is 0 Å². The van der Waals surface area contributed by atoms with Crippen LogP contribution in [0.3, 0.4) is 0 Å². The minimum absolute atomic E-state index is 0.104. The fraction of sp³-hybridized carbons (Fsp3) is 0.917. The average Bonchev–Trinajstić information content (AvgIpc) is 2.25. The first-order valence-corrected chi connectivity index (χ1v) is 8.51. The standard InChI is InChI=1S/C12H24N2OS2/c1-10(5-7-16-4)13-11(15)14-6-8-17-12(2,3)9-14/h10H,5-9H2,1-4H3,(H,13,15). The van der Waals surface area contributed by atoms with Gasteiger partial charge in [0.2, 0.25) is 0 Å². The summed E-state index contributed by atoms with van der Waals surface area (Å²) in [6, 6.07) is 0.375. The Bertz CT molecular complexity index is 259. The van der Waals surface area contributed by atoms with Crippen LogP contribution >= 0.6 is 23.5 Å². The van der Waals surface area contributed by atoms with Gasteiger partial charge in [0.1, 0.15) is 0 Å². The number of hydrogen-bond donors (Lipinski definition) is 1. The number of amides is 2. The first-order valence-electron chi connectivity index (χ1n) is 6.13. The zero-order valence-electron chi connectivity index (χ0n) is 11.3. The Morgan fingerprint density at radius 3 is 2.88 bits per heavy atom. The molecule has 1 saturated heterocycles. The second-order valence-corrected chi connectivity index (χ2v) is 7.95. The smallest absolute Gasteiger partial charge is 0.317 e. The molecule has 1 unspecified atom stereocenters. The van der Waals surface area contributed by atoms with Crippen LogP contribution in [-0.2, 0) is 0 Å². The summed E-state index contributed by atoms with van der Waals surface area (Å²) in [5.74, 6) is 2.14. The number of urea groups is 1. The van der Waals surface area contributed by atoms with Crippen molar-refractivity contribution in [2.24, 2.45) is 0 Å². The molecule has 1 aliphatic rings. The molecule has 0 spiro atoms. The zero-order valence-corrected chi connectivity index (χ0v) is 12.9. The van der Waals surface area contributed by atoms with E-state index in [1.165, 1.54) is 0 Å². The minimum atomic E-state index is 0.104. The molecule has 2 amide bonds. The summed E-state index contributed by atoms with van der Waals surface area (Å²) in [6.07, 6.45) is 3.14. The maximum atomic E-state index is 12.1. The maximum absolute atomic E-state index is 12.1. The Morgan fingerprint density at radius 2 is 2.29 bits per heavy atom. The predicted molar refractivity (Wildman–Crippen MR) is 79.1 cm³/mol. The molecule has 0 aromatic rings. The van der Waals surface area contributed by atoms with Crippen LogP contribution in [0.2, 0.25) is 0 Å². The average molecular weight is 276 g/mol. The van der Waals surface area contributed by atoms with Gasteiger partial charge in [0.15, 0.2) is 0 Å². The van der Waals surface area contributed by atoms with Gasteiger partial charge in [-0.3, -0.25) is 0 Å². The van der Waals surface area contributed by atoms with Crippen molar-refractivity contribution in [3.63, 3.8) is 0 Å². The third-order valence-corrected chi connectivity index (χ3v) is 4.78. The quantitative estimate of drug-likeness (QED) is 0.857. The lowest BCUT2D eigenvalue weighted by atomic mass is 10.2. The van der Waals surface area contributed by atoms with Crippen LogP contribution in [0.1, 0.15) is 27.2 Å². The van der Waals surface area contributed by atoms with Gasteiger partial charge in [-0.05, 0) is 39.2 Å². The third kappa shape index (κ3) is 5.42. The lowest BCUT2D eigenvalue weighted by molar-refractivity contribution is 0.191. The summed E-state index contributed by atoms with van der Waals surface area (Å²) in [4.78, 5) is 14.0. The molecule has 0 aromatic heterocycles. The van der Waals surface area contributed by atoms with Crippen LogP contribution in [0.4, 0.5) is 4.79 Å². The SMILES string of the molecule is CSCCC(C)NC(=O)N1CCSC(C)(C)C1. The zero-order chi connectivity index (χ0) is 12.9. The van der Waals surface area contributed by atoms with Gasteiger partial charge in [-0.15, -0.1) is 0 Å². The number of nitrogens with zero attached hydrogens (tertiary/aromatic N) is 1. The van der Waals surface area contributed by atoms with E-state index < -0.39 is 0 Å². The van der Waals surface area contributed by atoms with E-state index in [1.54, 1.807) is 0 Å². The number of carbonyl (C=O) groups excluding carboxylic acids is 1. The van der Waals surface area contributed by atoms with E-state index in [0.717, 1.165) is 31.0 Å². The Kier molecular flexibility index (Phi) is 6.00. The third-order valence-electron chi connectivity index (χ3n) is 2.84. The molecule has 1 fully saturated rings. The molecule has 0 bridgehead atoms. The van der Waals surface area contributed by atoms with Crippen molar-refractivity contribution in [1.29, 1.82) is 0 Å². The van der Waals surface area contributed by atoms with Gasteiger partial charge in [0.25, 0.3) is 0 Å². The first kappa shape index (κ1) is 15.0. The van der Waals surface area contributed by atoms with Crippen LogP contribution in [0.5, 0.6) is 0 Å². The lowest BCUT2D eigenvalue weighted by Crippen LogP contribution is -2.51. The number of nitrogens with one attached hydrogen (secondary N) is 1. The summed E-state index contributed by atoms with van der Waals surface area (Å²) in [5, 5.41) is 3.09. The largest absolute Gasteiger partial charge is 0.336 e. The van der Waals surface area contributed by atoms with Gasteiger partial charge in [-0.2, -0.15) is 23.5 Å². The van der Waals surface area contributed by atoms with Gasteiger partial charge in [0, 0.05) is 29.6 Å². The van der Waals surface area contributed by atoms with Crippen LogP contribution in [0.15, 0.2) is 0 Å². The molecule has 5 heteroatoms. The van der Waals surface area contributed by atoms with Gasteiger partial charge in [-0.1, -0.05) is 0 Å². The van der Waals surface area contributed by atoms with Crippen molar-refractivity contribution >= 4 is 29.6 Å². The number of carbonyl (C=O) groups is 1. The molecule has 1 atom stereocenters. The van der Waals surface area contributed by atoms with Crippen molar-refractivity contribution in [3.8, 4) is 0 Å². The summed E-state index contributed by atoms with van der Waals surface area (Å²) in [6.45, 7) is 8.20. The second kappa shape index (κ2) is 6.78. The first-order chi connectivity index (χ1) is 7.94. The van der Waals surface area contributed by atoms with Crippen molar-refractivity contribution in [2.45, 2.75) is 38.0 Å². The van der Waals surface area contributed by atoms with Gasteiger partial charge in [-0.25, -0.2) is 4.79 Å². The fourth-order valence-corrected chi connectivity index (χ4v) is 3.56. The summed E-state index contributed by atoms with van der Waals surface area (Å²) in [5.41, 5.74) is 0. The highest BCUT2D eigenvalue weighted by atomic mass is 32.2. The van der Waals surface area contributed by atoms with Crippen LogP contribution in [0.25, 0.3) is 0 Å². The predicted octanol–water partition coefficient (Wildman–Crippen LogP) is 2.67. The van der Waals surface area contributed by atoms with Gasteiger partial charge >= 0.3 is 6.03 Å². The normalized spacial score (nSPS) is 21.1. The second-order valence-electron chi connectivity index (χ2n) is 5.16. The summed E-state index contributed by atoms with van der Waals surface area (Å²) >= 11 is 3.77. The molecule has 0 aliphatic carbocycles. The summed E-state index contributed by atoms with van der Waals surface area (Å²) < 4.78 is 0.193. The molecule has 1 rings (SSSR count). The van der Waals surface area contributed by atoms with E-state index in [2.05, 4.69) is 32.3 Å². The Labute approximate surface area is 113 Å². The summed E-state index contributed by atoms with van der Waals surface area (Å²) in [7, 11) is 0. The van der Waals surface area contributed by atoms with E-state index >= 15 is 0 Å². The Morgan fingerprint density at radius 1 is 1.59 bits per heavy atom. The van der Waals surface area contributed by atoms with E-state index in [0.29, 0.717) is 0 Å². The molecular weight excluding hydrogens is 252 g/mol. The van der Waals surface area contributed by atoms with Crippen LogP contribution in [-0.4, -0.2) is 52.6 Å². The van der Waals surface area contributed by atoms with Crippen molar-refractivity contribution in [3.05, 3.63) is 0 Å². The molecule has 0 aromatic carbocycles. The molecular formula is C12H24N2OS2. The molecule has 17 heavy (non-hydrogen) atoms. The number of rotatable bonds is 4. The molecule has 100 valence electrons. The van der Waals surface area contributed by atoms with Gasteiger partial charge < -0.3 is 10.2 Å². The van der Waals surface area contributed by atoms with Crippen LogP contribution < -0.4 is 5.32 Å². The van der Waals surface area contributed by atoms with Crippen molar-refractivity contribution < 1.29 is 4.79 Å². The van der Waals surface area contributed by atoms with Crippen molar-refractivity contribution in [2.75, 3.05) is 30.9 Å². The molecule has 1 aliphatic heterocycles. The number of thioether (sulfide) groups is 2. The highest BCUT2D eigenvalue weighted by Crippen LogP contribution is 2.29. The monoisotopic (exact) mass is 276 g/mol. The molecule has 1 heterocycles. The van der Waals surface area contributed by atoms with E-state index in [1.807, 2.05) is 28.4 Å². The molecule has 0 saturated carbocycles. The van der Waals surface area contributed by atoms with Crippen molar-refractivity contribution in [1.82, 2.24) is 10.2 Å². The highest BCUT2D eigenvalue weighted by Gasteiger charge is 2.29.